The molecule has 1 aliphatic carbocycles. The van der Waals surface area contributed by atoms with Gasteiger partial charge >= 0.3 is 0 Å². The number of carbonyl (C=O) groups is 2. The summed E-state index contributed by atoms with van der Waals surface area (Å²) in [5.74, 6) is 0.861. The first-order chi connectivity index (χ1) is 16.9. The van der Waals surface area contributed by atoms with Gasteiger partial charge in [-0.05, 0) is 48.9 Å². The lowest BCUT2D eigenvalue weighted by molar-refractivity contribution is -0.123. The van der Waals surface area contributed by atoms with E-state index in [1.54, 1.807) is 25.0 Å². The molecule has 1 heterocycles. The van der Waals surface area contributed by atoms with E-state index in [-0.39, 0.29) is 29.5 Å². The highest BCUT2D eigenvalue weighted by Gasteiger charge is 2.23. The third kappa shape index (κ3) is 6.26. The molecule has 0 radical (unpaired) electrons. The Hall–Kier alpha value is -3.68. The van der Waals surface area contributed by atoms with Crippen LogP contribution in [0.3, 0.4) is 0 Å². The zero-order valence-electron chi connectivity index (χ0n) is 20.6. The number of hydrogen-bond donors (Lipinski definition) is 1. The fourth-order valence-electron chi connectivity index (χ4n) is 4.00. The van der Waals surface area contributed by atoms with E-state index in [0.29, 0.717) is 12.5 Å². The van der Waals surface area contributed by atoms with Crippen LogP contribution in [0.25, 0.3) is 0 Å². The van der Waals surface area contributed by atoms with Crippen molar-refractivity contribution < 1.29 is 14.3 Å². The van der Waals surface area contributed by atoms with Crippen LogP contribution in [0.1, 0.15) is 59.8 Å². The molecule has 1 aliphatic rings. The lowest BCUT2D eigenvalue weighted by Gasteiger charge is -2.25. The van der Waals surface area contributed by atoms with E-state index in [1.165, 1.54) is 24.2 Å². The van der Waals surface area contributed by atoms with Crippen molar-refractivity contribution in [3.63, 3.8) is 0 Å². The zero-order valence-corrected chi connectivity index (χ0v) is 20.6. The largest absolute Gasteiger partial charge is 0.493 e. The smallest absolute Gasteiger partial charge is 0.275 e. The zero-order chi connectivity index (χ0) is 24.8. The normalized spacial score (nSPS) is 15.1. The van der Waals surface area contributed by atoms with Crippen LogP contribution in [-0.2, 0) is 11.3 Å². The first kappa shape index (κ1) is 24.4. The van der Waals surface area contributed by atoms with Gasteiger partial charge in [-0.25, -0.2) is 4.68 Å². The minimum Gasteiger partial charge on any atom is -0.493 e. The molecule has 184 valence electrons. The predicted molar refractivity (Wildman–Crippen MR) is 133 cm³/mol. The second-order valence-electron chi connectivity index (χ2n) is 9.40. The number of hydrogen-bond acceptors (Lipinski definition) is 5. The van der Waals surface area contributed by atoms with E-state index in [4.69, 9.17) is 4.74 Å². The highest BCUT2D eigenvalue weighted by molar-refractivity contribution is 5.91. The summed E-state index contributed by atoms with van der Waals surface area (Å²) in [4.78, 5) is 26.9. The van der Waals surface area contributed by atoms with Gasteiger partial charge in [0.05, 0.1) is 31.3 Å². The first-order valence-corrected chi connectivity index (χ1v) is 12.1. The van der Waals surface area contributed by atoms with Crippen LogP contribution >= 0.6 is 0 Å². The summed E-state index contributed by atoms with van der Waals surface area (Å²) in [6, 6.07) is 17.1. The number of benzene rings is 2. The second kappa shape index (κ2) is 11.2. The molecule has 8 nitrogen and oxygen atoms in total. The quantitative estimate of drug-likeness (QED) is 0.482. The van der Waals surface area contributed by atoms with Crippen LogP contribution in [0.15, 0.2) is 60.8 Å². The lowest BCUT2D eigenvalue weighted by atomic mass is 9.86. The predicted octanol–water partition coefficient (Wildman–Crippen LogP) is 3.82. The molecule has 2 aromatic carbocycles. The van der Waals surface area contributed by atoms with Crippen molar-refractivity contribution in [3.8, 4) is 5.75 Å². The van der Waals surface area contributed by atoms with Crippen molar-refractivity contribution in [2.75, 3.05) is 20.7 Å². The fraction of sp³-hybridized carbons (Fsp3) is 0.407. The van der Waals surface area contributed by atoms with Crippen molar-refractivity contribution >= 4 is 11.8 Å². The Morgan fingerprint density at radius 2 is 1.80 bits per heavy atom. The van der Waals surface area contributed by atoms with Gasteiger partial charge in [-0.15, -0.1) is 5.10 Å². The summed E-state index contributed by atoms with van der Waals surface area (Å²) in [5, 5.41) is 11.3. The highest BCUT2D eigenvalue weighted by atomic mass is 16.5. The Morgan fingerprint density at radius 3 is 2.43 bits per heavy atom. The van der Waals surface area contributed by atoms with Crippen molar-refractivity contribution in [1.29, 1.82) is 0 Å². The minimum absolute atomic E-state index is 0.0868. The van der Waals surface area contributed by atoms with Gasteiger partial charge in [0.1, 0.15) is 5.75 Å². The molecule has 8 heteroatoms. The maximum atomic E-state index is 13.2. The standard InChI is InChI=1S/C27H33N5O3/c1-19(21-10-5-4-6-11-21)26(33)28-24(16-32-17-25(29-30-32)27(34)31(2)3)22-12-14-23(15-13-22)35-18-20-8-7-9-20/h4-6,10-15,17,19-20,24H,7-9,16,18H2,1-3H3,(H,28,33)/t19-,24-/m0/s1. The molecule has 1 saturated carbocycles. The molecule has 0 unspecified atom stereocenters. The average molecular weight is 476 g/mol. The van der Waals surface area contributed by atoms with Crippen LogP contribution < -0.4 is 10.1 Å². The number of rotatable bonds is 10. The molecule has 3 aromatic rings. The van der Waals surface area contributed by atoms with Crippen molar-refractivity contribution in [3.05, 3.63) is 77.6 Å². The number of carbonyl (C=O) groups excluding carboxylic acids is 2. The number of ether oxygens (including phenoxy) is 1. The fourth-order valence-corrected chi connectivity index (χ4v) is 4.00. The van der Waals surface area contributed by atoms with Gasteiger partial charge in [0, 0.05) is 14.1 Å². The molecule has 2 atom stereocenters. The summed E-state index contributed by atoms with van der Waals surface area (Å²) in [7, 11) is 3.34. The van der Waals surface area contributed by atoms with E-state index in [9.17, 15) is 9.59 Å². The summed E-state index contributed by atoms with van der Waals surface area (Å²) < 4.78 is 7.53. The van der Waals surface area contributed by atoms with E-state index in [0.717, 1.165) is 23.5 Å². The molecule has 0 spiro atoms. The second-order valence-corrected chi connectivity index (χ2v) is 9.40. The number of amides is 2. The SMILES string of the molecule is C[C@H](C(=O)N[C@@H](Cn1cc(C(=O)N(C)C)nn1)c1ccc(OCC2CCC2)cc1)c1ccccc1. The molecule has 1 aromatic heterocycles. The Bertz CT molecular complexity index is 1120. The summed E-state index contributed by atoms with van der Waals surface area (Å²) in [6.07, 6.45) is 5.38. The van der Waals surface area contributed by atoms with Gasteiger partial charge in [0.25, 0.3) is 5.91 Å². The molecule has 0 bridgehead atoms. The highest BCUT2D eigenvalue weighted by Crippen LogP contribution is 2.28. The monoisotopic (exact) mass is 475 g/mol. The van der Waals surface area contributed by atoms with Gasteiger partial charge in [-0.3, -0.25) is 9.59 Å². The lowest BCUT2D eigenvalue weighted by Crippen LogP contribution is -2.34. The van der Waals surface area contributed by atoms with Gasteiger partial charge in [0.15, 0.2) is 5.69 Å². The summed E-state index contributed by atoms with van der Waals surface area (Å²) >= 11 is 0. The molecule has 1 fully saturated rings. The Kier molecular flexibility index (Phi) is 7.80. The Morgan fingerprint density at radius 1 is 1.09 bits per heavy atom. The van der Waals surface area contributed by atoms with Crippen LogP contribution in [0.2, 0.25) is 0 Å². The van der Waals surface area contributed by atoms with Gasteiger partial charge in [-0.2, -0.15) is 0 Å². The average Bonchev–Trinajstić information content (AvgIpc) is 3.31. The molecule has 4 rings (SSSR count). The maximum Gasteiger partial charge on any atom is 0.275 e. The van der Waals surface area contributed by atoms with Gasteiger partial charge in [-0.1, -0.05) is 54.1 Å². The molecule has 1 N–H and O–H groups in total. The number of aromatic nitrogens is 3. The minimum atomic E-state index is -0.363. The van der Waals surface area contributed by atoms with E-state index < -0.39 is 0 Å². The van der Waals surface area contributed by atoms with Crippen molar-refractivity contribution in [2.45, 2.75) is 44.7 Å². The molecule has 35 heavy (non-hydrogen) atoms. The van der Waals surface area contributed by atoms with Crippen molar-refractivity contribution in [1.82, 2.24) is 25.2 Å². The molecular formula is C27H33N5O3. The van der Waals surface area contributed by atoms with E-state index in [2.05, 4.69) is 15.6 Å². The molecule has 2 amide bonds. The van der Waals surface area contributed by atoms with Crippen molar-refractivity contribution in [2.24, 2.45) is 5.92 Å². The first-order valence-electron chi connectivity index (χ1n) is 12.1. The molecule has 0 aliphatic heterocycles. The van der Waals surface area contributed by atoms with Crippen LogP contribution in [0.5, 0.6) is 5.75 Å². The topological polar surface area (TPSA) is 89.4 Å². The summed E-state index contributed by atoms with van der Waals surface area (Å²) in [5.41, 5.74) is 2.13. The molecule has 0 saturated heterocycles. The maximum absolute atomic E-state index is 13.2. The third-order valence-electron chi connectivity index (χ3n) is 6.54. The van der Waals surface area contributed by atoms with Gasteiger partial charge in [0.2, 0.25) is 5.91 Å². The Balaban J connectivity index is 1.50. The number of nitrogens with zero attached hydrogens (tertiary/aromatic N) is 4. The Labute approximate surface area is 206 Å². The molecular weight excluding hydrogens is 442 g/mol. The van der Waals surface area contributed by atoms with E-state index >= 15 is 0 Å². The van der Waals surface area contributed by atoms with Crippen LogP contribution in [0, 0.1) is 5.92 Å². The third-order valence-corrected chi connectivity index (χ3v) is 6.54. The number of nitrogens with one attached hydrogen (secondary N) is 1. The summed E-state index contributed by atoms with van der Waals surface area (Å²) in [6.45, 7) is 2.97. The van der Waals surface area contributed by atoms with Crippen LogP contribution in [-0.4, -0.2) is 52.4 Å². The van der Waals surface area contributed by atoms with E-state index in [1.807, 2.05) is 61.5 Å². The van der Waals surface area contributed by atoms with Crippen LogP contribution in [0.4, 0.5) is 0 Å². The van der Waals surface area contributed by atoms with Gasteiger partial charge < -0.3 is 15.0 Å².